The Labute approximate surface area is 135 Å². The zero-order valence-corrected chi connectivity index (χ0v) is 13.9. The summed E-state index contributed by atoms with van der Waals surface area (Å²) in [5.41, 5.74) is 0.688. The van der Waals surface area contributed by atoms with E-state index in [0.29, 0.717) is 11.3 Å². The molecule has 0 saturated carbocycles. The molecule has 0 aliphatic carbocycles. The van der Waals surface area contributed by atoms with Gasteiger partial charge < -0.3 is 9.47 Å². The summed E-state index contributed by atoms with van der Waals surface area (Å²) in [6, 6.07) is 10.0. The number of hydrogen-bond acceptors (Lipinski definition) is 4. The van der Waals surface area contributed by atoms with Crippen molar-refractivity contribution in [2.24, 2.45) is 0 Å². The first kappa shape index (κ1) is 17.2. The van der Waals surface area contributed by atoms with Crippen molar-refractivity contribution in [1.82, 2.24) is 4.72 Å². The molecule has 2 rings (SSSR count). The molecule has 23 heavy (non-hydrogen) atoms. The Morgan fingerprint density at radius 3 is 2.30 bits per heavy atom. The molecule has 2 aromatic rings. The van der Waals surface area contributed by atoms with E-state index in [1.165, 1.54) is 26.4 Å². The molecule has 5 nitrogen and oxygen atoms in total. The maximum Gasteiger partial charge on any atom is 0.241 e. The first-order chi connectivity index (χ1) is 10.9. The Morgan fingerprint density at radius 1 is 1.04 bits per heavy atom. The second kappa shape index (κ2) is 6.97. The van der Waals surface area contributed by atoms with Gasteiger partial charge in [0.2, 0.25) is 10.0 Å². The van der Waals surface area contributed by atoms with Crippen LogP contribution < -0.4 is 14.2 Å². The predicted molar refractivity (Wildman–Crippen MR) is 84.7 cm³/mol. The lowest BCUT2D eigenvalue weighted by Crippen LogP contribution is -2.27. The summed E-state index contributed by atoms with van der Waals surface area (Å²) < 4.78 is 51.1. The van der Waals surface area contributed by atoms with E-state index in [0.717, 1.165) is 6.07 Å². The van der Waals surface area contributed by atoms with Gasteiger partial charge in [0.15, 0.2) is 11.6 Å². The molecule has 0 aromatic heterocycles. The van der Waals surface area contributed by atoms with Gasteiger partial charge in [0.05, 0.1) is 19.1 Å². The Hall–Kier alpha value is -2.12. The predicted octanol–water partition coefficient (Wildman–Crippen LogP) is 2.88. The fourth-order valence-corrected chi connectivity index (χ4v) is 3.44. The van der Waals surface area contributed by atoms with Crippen LogP contribution in [0.15, 0.2) is 47.4 Å². The molecule has 0 amide bonds. The first-order valence-corrected chi connectivity index (χ1v) is 8.36. The smallest absolute Gasteiger partial charge is 0.241 e. The van der Waals surface area contributed by atoms with Crippen LogP contribution in [0.5, 0.6) is 11.5 Å². The van der Waals surface area contributed by atoms with E-state index < -0.39 is 21.9 Å². The van der Waals surface area contributed by atoms with E-state index in [-0.39, 0.29) is 10.6 Å². The molecule has 2 aromatic carbocycles. The van der Waals surface area contributed by atoms with Crippen molar-refractivity contribution in [3.8, 4) is 11.5 Å². The highest BCUT2D eigenvalue weighted by Crippen LogP contribution is 2.27. The minimum Gasteiger partial charge on any atom is -0.496 e. The van der Waals surface area contributed by atoms with E-state index in [4.69, 9.17) is 9.47 Å². The highest BCUT2D eigenvalue weighted by atomic mass is 32.2. The Kier molecular flexibility index (Phi) is 5.23. The van der Waals surface area contributed by atoms with Crippen LogP contribution in [0.2, 0.25) is 0 Å². The quantitative estimate of drug-likeness (QED) is 0.879. The fourth-order valence-electron chi connectivity index (χ4n) is 2.20. The number of para-hydroxylation sites is 1. The molecule has 0 aliphatic rings. The molecule has 1 N–H and O–H groups in total. The van der Waals surface area contributed by atoms with Crippen molar-refractivity contribution >= 4 is 10.0 Å². The van der Waals surface area contributed by atoms with Gasteiger partial charge in [-0.25, -0.2) is 17.5 Å². The van der Waals surface area contributed by atoms with Gasteiger partial charge >= 0.3 is 0 Å². The van der Waals surface area contributed by atoms with Gasteiger partial charge in [0.25, 0.3) is 0 Å². The Bertz CT molecular complexity index is 792. The molecule has 0 spiro atoms. The molecule has 0 saturated heterocycles. The molecule has 0 bridgehead atoms. The molecule has 0 aliphatic heterocycles. The van der Waals surface area contributed by atoms with Crippen molar-refractivity contribution in [3.63, 3.8) is 0 Å². The molecule has 0 radical (unpaired) electrons. The van der Waals surface area contributed by atoms with Crippen LogP contribution in [0, 0.1) is 5.82 Å². The van der Waals surface area contributed by atoms with Crippen molar-refractivity contribution in [1.29, 1.82) is 0 Å². The molecular weight excluding hydrogens is 321 g/mol. The maximum atomic E-state index is 13.7. The van der Waals surface area contributed by atoms with E-state index >= 15 is 0 Å². The minimum absolute atomic E-state index is 0.0123. The topological polar surface area (TPSA) is 64.6 Å². The third kappa shape index (κ3) is 3.80. The number of nitrogens with one attached hydrogen (secondary N) is 1. The van der Waals surface area contributed by atoms with Crippen molar-refractivity contribution in [3.05, 3.63) is 53.8 Å². The zero-order chi connectivity index (χ0) is 17.0. The fraction of sp³-hybridized carbons (Fsp3) is 0.250. The zero-order valence-electron chi connectivity index (χ0n) is 13.0. The summed E-state index contributed by atoms with van der Waals surface area (Å²) in [5, 5.41) is 0. The molecule has 124 valence electrons. The summed E-state index contributed by atoms with van der Waals surface area (Å²) in [6.07, 6.45) is 0. The van der Waals surface area contributed by atoms with E-state index in [1.807, 2.05) is 0 Å². The molecule has 7 heteroatoms. The summed E-state index contributed by atoms with van der Waals surface area (Å²) >= 11 is 0. The summed E-state index contributed by atoms with van der Waals surface area (Å²) in [7, 11) is -1.05. The molecule has 0 unspecified atom stereocenters. The van der Waals surface area contributed by atoms with Crippen LogP contribution in [0.4, 0.5) is 4.39 Å². The van der Waals surface area contributed by atoms with Crippen LogP contribution >= 0.6 is 0 Å². The third-order valence-corrected chi connectivity index (χ3v) is 4.91. The van der Waals surface area contributed by atoms with Crippen LogP contribution in [0.25, 0.3) is 0 Å². The van der Waals surface area contributed by atoms with E-state index in [9.17, 15) is 12.8 Å². The third-order valence-electron chi connectivity index (χ3n) is 3.37. The van der Waals surface area contributed by atoms with E-state index in [2.05, 4.69) is 4.72 Å². The number of ether oxygens (including phenoxy) is 2. The summed E-state index contributed by atoms with van der Waals surface area (Å²) in [5.74, 6) is -0.175. The highest BCUT2D eigenvalue weighted by molar-refractivity contribution is 7.89. The summed E-state index contributed by atoms with van der Waals surface area (Å²) in [6.45, 7) is 1.69. The second-order valence-corrected chi connectivity index (χ2v) is 6.60. The van der Waals surface area contributed by atoms with Crippen molar-refractivity contribution in [2.45, 2.75) is 17.9 Å². The lowest BCUT2D eigenvalue weighted by atomic mass is 10.1. The van der Waals surface area contributed by atoms with Gasteiger partial charge in [-0.05, 0) is 31.2 Å². The maximum absolute atomic E-state index is 13.7. The van der Waals surface area contributed by atoms with Gasteiger partial charge in [0, 0.05) is 11.6 Å². The van der Waals surface area contributed by atoms with Gasteiger partial charge in [-0.1, -0.05) is 18.2 Å². The highest BCUT2D eigenvalue weighted by Gasteiger charge is 2.21. The Balaban J connectivity index is 2.29. The largest absolute Gasteiger partial charge is 0.496 e. The van der Waals surface area contributed by atoms with E-state index in [1.54, 1.807) is 31.2 Å². The van der Waals surface area contributed by atoms with Crippen LogP contribution in [-0.2, 0) is 10.0 Å². The monoisotopic (exact) mass is 339 g/mol. The molecule has 0 heterocycles. The lowest BCUT2D eigenvalue weighted by Gasteiger charge is -2.17. The number of halogens is 1. The lowest BCUT2D eigenvalue weighted by molar-refractivity contribution is 0.385. The first-order valence-electron chi connectivity index (χ1n) is 6.88. The van der Waals surface area contributed by atoms with Crippen LogP contribution in [-0.4, -0.2) is 22.6 Å². The van der Waals surface area contributed by atoms with Crippen molar-refractivity contribution < 1.29 is 22.3 Å². The number of benzene rings is 2. The van der Waals surface area contributed by atoms with Gasteiger partial charge in [-0.3, -0.25) is 0 Å². The molecule has 1 atom stereocenters. The van der Waals surface area contributed by atoms with Crippen molar-refractivity contribution in [2.75, 3.05) is 14.2 Å². The van der Waals surface area contributed by atoms with Crippen LogP contribution in [0.1, 0.15) is 18.5 Å². The van der Waals surface area contributed by atoms with Gasteiger partial charge in [0.1, 0.15) is 5.75 Å². The number of hydrogen-bond donors (Lipinski definition) is 1. The number of methoxy groups -OCH3 is 2. The second-order valence-electron chi connectivity index (χ2n) is 4.88. The number of sulfonamides is 1. The normalized spacial score (nSPS) is 12.7. The number of rotatable bonds is 6. The molecule has 0 fully saturated rings. The van der Waals surface area contributed by atoms with Gasteiger partial charge in [-0.15, -0.1) is 0 Å². The standard InChI is InChI=1S/C16H18FNO4S/c1-11(13-6-4-5-7-15(13)21-2)18-23(19,20)12-8-9-16(22-3)14(17)10-12/h4-11,18H,1-3H3/t11-/m1/s1. The van der Waals surface area contributed by atoms with Crippen LogP contribution in [0.3, 0.4) is 0 Å². The average Bonchev–Trinajstić information content (AvgIpc) is 2.54. The average molecular weight is 339 g/mol. The minimum atomic E-state index is -3.88. The molecular formula is C16H18FNO4S. The SMILES string of the molecule is COc1ccc(S(=O)(=O)N[C@H](C)c2ccccc2OC)cc1F. The Morgan fingerprint density at radius 2 is 1.70 bits per heavy atom. The van der Waals surface area contributed by atoms with Gasteiger partial charge in [-0.2, -0.15) is 0 Å². The summed E-state index contributed by atoms with van der Waals surface area (Å²) in [4.78, 5) is -0.169.